The molecule has 84 valence electrons. The largest absolute Gasteiger partial charge is 0.338 e. The first-order valence-electron chi connectivity index (χ1n) is 4.94. The summed E-state index contributed by atoms with van der Waals surface area (Å²) < 4.78 is 11.3. The highest BCUT2D eigenvalue weighted by molar-refractivity contribution is 7.54. The molecule has 0 aromatic heterocycles. The average molecular weight is 222 g/mol. The van der Waals surface area contributed by atoms with Gasteiger partial charge in [-0.15, -0.1) is 0 Å². The van der Waals surface area contributed by atoms with Crippen LogP contribution in [0.2, 0.25) is 0 Å². The number of carbonyl (C=O) groups excluding carboxylic acids is 1. The first-order valence-corrected chi connectivity index (χ1v) is 6.55. The zero-order valence-corrected chi connectivity index (χ0v) is 9.88. The average Bonchev–Trinajstić information content (AvgIpc) is 2.05. The van der Waals surface area contributed by atoms with Crippen LogP contribution in [0.5, 0.6) is 0 Å². The van der Waals surface area contributed by atoms with Crippen molar-refractivity contribution in [3.63, 3.8) is 0 Å². The molecule has 0 rings (SSSR count). The van der Waals surface area contributed by atoms with E-state index in [9.17, 15) is 19.1 Å². The summed E-state index contributed by atoms with van der Waals surface area (Å²) in [5.74, 6) is -0.307. The van der Waals surface area contributed by atoms with Crippen LogP contribution in [0.3, 0.4) is 0 Å². The van der Waals surface area contributed by atoms with E-state index in [2.05, 4.69) is 0 Å². The standard InChI is InChI=1S/C9H19O4P/c1-4-7-8(10)9(5-2,6-3)14(11,12)13/h4-7H2,1-3H3,(H2,11,12,13). The minimum atomic E-state index is -4.34. The molecule has 0 aliphatic carbocycles. The van der Waals surface area contributed by atoms with E-state index >= 15 is 0 Å². The number of hydrogen-bond donors (Lipinski definition) is 2. The Balaban J connectivity index is 5.08. The molecule has 0 amide bonds. The van der Waals surface area contributed by atoms with Crippen molar-refractivity contribution in [3.05, 3.63) is 0 Å². The quantitative estimate of drug-likeness (QED) is 0.675. The predicted molar refractivity (Wildman–Crippen MR) is 55.3 cm³/mol. The number of Topliss-reactive ketones (excluding diaryl/α,β-unsaturated/α-hetero) is 1. The first-order chi connectivity index (χ1) is 6.35. The Bertz CT molecular complexity index is 239. The smallest absolute Gasteiger partial charge is 0.324 e. The monoisotopic (exact) mass is 222 g/mol. The minimum absolute atomic E-state index is 0.201. The molecule has 0 radical (unpaired) electrons. The van der Waals surface area contributed by atoms with Gasteiger partial charge in [-0.1, -0.05) is 20.8 Å². The summed E-state index contributed by atoms with van der Waals surface area (Å²) in [7, 11) is -4.34. The van der Waals surface area contributed by atoms with Crippen molar-refractivity contribution < 1.29 is 19.1 Å². The summed E-state index contributed by atoms with van der Waals surface area (Å²) in [6, 6.07) is 0. The Hall–Kier alpha value is -0.180. The van der Waals surface area contributed by atoms with E-state index in [1.165, 1.54) is 0 Å². The van der Waals surface area contributed by atoms with Crippen molar-refractivity contribution in [1.29, 1.82) is 0 Å². The van der Waals surface area contributed by atoms with E-state index in [4.69, 9.17) is 0 Å². The van der Waals surface area contributed by atoms with E-state index < -0.39 is 12.8 Å². The van der Waals surface area contributed by atoms with E-state index in [0.29, 0.717) is 6.42 Å². The third kappa shape index (κ3) is 2.44. The second-order valence-corrected chi connectivity index (χ2v) is 5.40. The van der Waals surface area contributed by atoms with Gasteiger partial charge >= 0.3 is 7.60 Å². The SMILES string of the molecule is CCCC(=O)C(CC)(CC)P(=O)(O)O. The summed E-state index contributed by atoms with van der Waals surface area (Å²) in [5.41, 5.74) is 0. The second kappa shape index (κ2) is 5.06. The molecule has 0 spiro atoms. The van der Waals surface area contributed by atoms with Gasteiger partial charge in [-0.2, -0.15) is 0 Å². The van der Waals surface area contributed by atoms with Crippen LogP contribution in [0.1, 0.15) is 46.5 Å². The van der Waals surface area contributed by atoms with Crippen LogP contribution in [0, 0.1) is 0 Å². The van der Waals surface area contributed by atoms with Gasteiger partial charge in [-0.3, -0.25) is 9.36 Å². The van der Waals surface area contributed by atoms with Crippen molar-refractivity contribution >= 4 is 13.4 Å². The summed E-state index contributed by atoms with van der Waals surface area (Å²) >= 11 is 0. The highest BCUT2D eigenvalue weighted by atomic mass is 31.2. The molecule has 0 saturated heterocycles. The van der Waals surface area contributed by atoms with Crippen molar-refractivity contribution in [2.45, 2.75) is 51.6 Å². The van der Waals surface area contributed by atoms with Gasteiger partial charge in [0.15, 0.2) is 5.78 Å². The molecule has 4 nitrogen and oxygen atoms in total. The molecule has 14 heavy (non-hydrogen) atoms. The van der Waals surface area contributed by atoms with Gasteiger partial charge in [0.2, 0.25) is 0 Å². The van der Waals surface area contributed by atoms with E-state index in [1.807, 2.05) is 6.92 Å². The maximum absolute atomic E-state index is 11.7. The van der Waals surface area contributed by atoms with Crippen LogP contribution in [0.15, 0.2) is 0 Å². The fraction of sp³-hybridized carbons (Fsp3) is 0.889. The number of carbonyl (C=O) groups is 1. The molecule has 0 atom stereocenters. The van der Waals surface area contributed by atoms with Gasteiger partial charge in [0.1, 0.15) is 5.16 Å². The van der Waals surface area contributed by atoms with Crippen LogP contribution in [-0.4, -0.2) is 20.7 Å². The lowest BCUT2D eigenvalue weighted by atomic mass is 9.94. The molecule has 0 bridgehead atoms. The molecule has 2 N–H and O–H groups in total. The molecule has 0 heterocycles. The third-order valence-electron chi connectivity index (χ3n) is 2.72. The second-order valence-electron chi connectivity index (χ2n) is 3.46. The number of hydrogen-bond acceptors (Lipinski definition) is 2. The van der Waals surface area contributed by atoms with Crippen LogP contribution in [0.25, 0.3) is 0 Å². The molecule has 5 heteroatoms. The molecule has 0 saturated carbocycles. The van der Waals surface area contributed by atoms with Crippen molar-refractivity contribution in [2.75, 3.05) is 0 Å². The maximum atomic E-state index is 11.7. The lowest BCUT2D eigenvalue weighted by molar-refractivity contribution is -0.122. The fourth-order valence-corrected chi connectivity index (χ4v) is 2.94. The van der Waals surface area contributed by atoms with E-state index in [1.54, 1.807) is 13.8 Å². The third-order valence-corrected chi connectivity index (χ3v) is 4.72. The topological polar surface area (TPSA) is 74.6 Å². The molecule has 0 unspecified atom stereocenters. The maximum Gasteiger partial charge on any atom is 0.338 e. The van der Waals surface area contributed by atoms with Gasteiger partial charge < -0.3 is 9.79 Å². The Morgan fingerprint density at radius 2 is 1.64 bits per heavy atom. The van der Waals surface area contributed by atoms with Crippen LogP contribution in [-0.2, 0) is 9.36 Å². The molecule has 0 aliphatic rings. The summed E-state index contributed by atoms with van der Waals surface area (Å²) in [6.45, 7) is 5.12. The van der Waals surface area contributed by atoms with Gasteiger partial charge in [-0.05, 0) is 19.3 Å². The minimum Gasteiger partial charge on any atom is -0.324 e. The molecule has 0 fully saturated rings. The molecule has 0 aromatic carbocycles. The van der Waals surface area contributed by atoms with Crippen LogP contribution >= 0.6 is 7.60 Å². The first kappa shape index (κ1) is 13.8. The normalized spacial score (nSPS) is 12.9. The highest BCUT2D eigenvalue weighted by Gasteiger charge is 2.49. The molecule has 0 aromatic rings. The highest BCUT2D eigenvalue weighted by Crippen LogP contribution is 2.55. The lowest BCUT2D eigenvalue weighted by Crippen LogP contribution is -2.37. The van der Waals surface area contributed by atoms with Gasteiger partial charge in [0.05, 0.1) is 0 Å². The van der Waals surface area contributed by atoms with E-state index in [0.717, 1.165) is 0 Å². The van der Waals surface area contributed by atoms with Gasteiger partial charge in [-0.25, -0.2) is 0 Å². The predicted octanol–water partition coefficient (Wildman–Crippen LogP) is 2.09. The van der Waals surface area contributed by atoms with Crippen molar-refractivity contribution in [3.8, 4) is 0 Å². The summed E-state index contributed by atoms with van der Waals surface area (Å²) in [4.78, 5) is 30.1. The van der Waals surface area contributed by atoms with E-state index in [-0.39, 0.29) is 25.0 Å². The lowest BCUT2D eigenvalue weighted by Gasteiger charge is -2.30. The Labute approximate surface area is 84.9 Å². The van der Waals surface area contributed by atoms with Crippen LogP contribution < -0.4 is 0 Å². The number of ketones is 1. The summed E-state index contributed by atoms with van der Waals surface area (Å²) in [5, 5.41) is -1.44. The Morgan fingerprint density at radius 1 is 1.21 bits per heavy atom. The Morgan fingerprint density at radius 3 is 1.86 bits per heavy atom. The van der Waals surface area contributed by atoms with Crippen LogP contribution in [0.4, 0.5) is 0 Å². The zero-order valence-electron chi connectivity index (χ0n) is 8.99. The Kier molecular flexibility index (Phi) is 4.99. The molecule has 0 aliphatic heterocycles. The van der Waals surface area contributed by atoms with Gasteiger partial charge in [0.25, 0.3) is 0 Å². The summed E-state index contributed by atoms with van der Waals surface area (Å²) in [6.07, 6.45) is 1.27. The zero-order chi connectivity index (χ0) is 11.4. The van der Waals surface area contributed by atoms with Gasteiger partial charge in [0, 0.05) is 6.42 Å². The molecular formula is C9H19O4P. The van der Waals surface area contributed by atoms with Crippen molar-refractivity contribution in [1.82, 2.24) is 0 Å². The fourth-order valence-electron chi connectivity index (χ4n) is 1.68. The molecular weight excluding hydrogens is 203 g/mol. The van der Waals surface area contributed by atoms with Crippen molar-refractivity contribution in [2.24, 2.45) is 0 Å². The number of rotatable bonds is 6.